The van der Waals surface area contributed by atoms with Crippen LogP contribution in [0.15, 0.2) is 40.8 Å². The monoisotopic (exact) mass is 319 g/mol. The summed E-state index contributed by atoms with van der Waals surface area (Å²) in [6.45, 7) is 8.21. The van der Waals surface area contributed by atoms with Crippen LogP contribution in [0.5, 0.6) is 5.75 Å². The van der Waals surface area contributed by atoms with Crippen molar-refractivity contribution in [1.29, 1.82) is 0 Å². The van der Waals surface area contributed by atoms with Crippen LogP contribution < -0.4 is 10.1 Å². The van der Waals surface area contributed by atoms with Crippen LogP contribution in [-0.4, -0.2) is 13.0 Å². The molecular formula is C18H25NO2S. The largest absolute Gasteiger partial charge is 0.496 e. The number of thioether (sulfide) groups is 1. The fraction of sp³-hybridized carbons (Fsp3) is 0.389. The molecule has 0 unspecified atom stereocenters. The third kappa shape index (κ3) is 5.26. The molecule has 4 heteroatoms. The van der Waals surface area contributed by atoms with Crippen molar-refractivity contribution < 1.29 is 9.53 Å². The number of carbonyl (C=O) groups is 1. The van der Waals surface area contributed by atoms with Crippen LogP contribution in [-0.2, 0) is 0 Å². The molecule has 0 saturated carbocycles. The van der Waals surface area contributed by atoms with Gasteiger partial charge < -0.3 is 10.1 Å². The molecule has 0 fully saturated rings. The van der Waals surface area contributed by atoms with Crippen molar-refractivity contribution >= 4 is 17.7 Å². The summed E-state index contributed by atoms with van der Waals surface area (Å²) in [7, 11) is 1.59. The standard InChI is InChI=1S/C18H25NO2S/c1-6-8-11-22-17(7-2)19-18(20)15-10-9-14(13(3)4)12-16(15)21-5/h7-13H,6H2,1-5H3,(H,19,20)/b11-8-,17-7-. The first-order chi connectivity index (χ1) is 10.5. The van der Waals surface area contributed by atoms with E-state index >= 15 is 0 Å². The highest BCUT2D eigenvalue weighted by Crippen LogP contribution is 2.25. The predicted octanol–water partition coefficient (Wildman–Crippen LogP) is 5.07. The maximum Gasteiger partial charge on any atom is 0.259 e. The molecule has 120 valence electrons. The van der Waals surface area contributed by atoms with Crippen molar-refractivity contribution in [2.75, 3.05) is 7.11 Å². The summed E-state index contributed by atoms with van der Waals surface area (Å²) in [6, 6.07) is 5.73. The normalized spacial score (nSPS) is 12.0. The van der Waals surface area contributed by atoms with Crippen molar-refractivity contribution in [1.82, 2.24) is 5.32 Å². The van der Waals surface area contributed by atoms with Crippen molar-refractivity contribution in [3.8, 4) is 5.75 Å². The van der Waals surface area contributed by atoms with Gasteiger partial charge in [0.15, 0.2) is 0 Å². The van der Waals surface area contributed by atoms with Crippen LogP contribution in [0.3, 0.4) is 0 Å². The zero-order valence-corrected chi connectivity index (χ0v) is 14.8. The lowest BCUT2D eigenvalue weighted by molar-refractivity contribution is 0.0966. The minimum atomic E-state index is -0.155. The minimum absolute atomic E-state index is 0.155. The van der Waals surface area contributed by atoms with E-state index in [1.807, 2.05) is 36.6 Å². The number of ether oxygens (including phenoxy) is 1. The van der Waals surface area contributed by atoms with Gasteiger partial charge in [0, 0.05) is 0 Å². The third-order valence-corrected chi connectivity index (χ3v) is 4.08. The Hall–Kier alpha value is -1.68. The molecule has 1 amide bonds. The number of rotatable bonds is 7. The van der Waals surface area contributed by atoms with Gasteiger partial charge in [0.25, 0.3) is 5.91 Å². The summed E-state index contributed by atoms with van der Waals surface area (Å²) in [4.78, 5) is 12.4. The molecule has 22 heavy (non-hydrogen) atoms. The number of benzene rings is 1. The SMILES string of the molecule is C/C=C(/NC(=O)c1ccc(C(C)C)cc1OC)S/C=C\CC. The molecule has 1 N–H and O–H groups in total. The summed E-state index contributed by atoms with van der Waals surface area (Å²) in [6.07, 6.45) is 4.91. The Kier molecular flexibility index (Phi) is 7.82. The van der Waals surface area contributed by atoms with Crippen LogP contribution in [0.4, 0.5) is 0 Å². The van der Waals surface area contributed by atoms with E-state index in [0.717, 1.165) is 17.0 Å². The lowest BCUT2D eigenvalue weighted by Crippen LogP contribution is -2.21. The molecule has 1 rings (SSSR count). The first kappa shape index (κ1) is 18.4. The molecule has 0 aromatic heterocycles. The van der Waals surface area contributed by atoms with Gasteiger partial charge >= 0.3 is 0 Å². The van der Waals surface area contributed by atoms with Gasteiger partial charge in [-0.15, -0.1) is 0 Å². The van der Waals surface area contributed by atoms with Gasteiger partial charge in [-0.1, -0.05) is 50.8 Å². The van der Waals surface area contributed by atoms with Crippen molar-refractivity contribution in [2.45, 2.75) is 40.0 Å². The molecule has 0 radical (unpaired) electrons. The number of hydrogen-bond acceptors (Lipinski definition) is 3. The molecule has 0 heterocycles. The summed E-state index contributed by atoms with van der Waals surface area (Å²) in [5, 5.41) is 5.71. The van der Waals surface area contributed by atoms with Gasteiger partial charge in [-0.2, -0.15) is 0 Å². The van der Waals surface area contributed by atoms with E-state index in [1.165, 1.54) is 11.8 Å². The number of carbonyl (C=O) groups excluding carboxylic acids is 1. The second-order valence-corrected chi connectivity index (χ2v) is 6.07. The van der Waals surface area contributed by atoms with Gasteiger partial charge in [-0.05, 0) is 42.4 Å². The molecule has 0 aliphatic rings. The zero-order chi connectivity index (χ0) is 16.5. The van der Waals surface area contributed by atoms with Crippen LogP contribution in [0, 0.1) is 0 Å². The Morgan fingerprint density at radius 3 is 2.68 bits per heavy atom. The van der Waals surface area contributed by atoms with Crippen LogP contribution >= 0.6 is 11.8 Å². The predicted molar refractivity (Wildman–Crippen MR) is 95.3 cm³/mol. The fourth-order valence-corrected chi connectivity index (χ4v) is 2.54. The van der Waals surface area contributed by atoms with E-state index in [9.17, 15) is 4.79 Å². The van der Waals surface area contributed by atoms with E-state index < -0.39 is 0 Å². The first-order valence-electron chi connectivity index (χ1n) is 7.50. The Morgan fingerprint density at radius 1 is 1.41 bits per heavy atom. The van der Waals surface area contributed by atoms with E-state index in [-0.39, 0.29) is 5.91 Å². The van der Waals surface area contributed by atoms with Crippen LogP contribution in [0.25, 0.3) is 0 Å². The van der Waals surface area contributed by atoms with Gasteiger partial charge in [0.2, 0.25) is 0 Å². The number of allylic oxidation sites excluding steroid dienone is 2. The quantitative estimate of drug-likeness (QED) is 0.763. The molecule has 1 aromatic carbocycles. The van der Waals surface area contributed by atoms with E-state index in [4.69, 9.17) is 4.74 Å². The summed E-state index contributed by atoms with van der Waals surface area (Å²) in [5.41, 5.74) is 1.70. The van der Waals surface area contributed by atoms with Crippen molar-refractivity contribution in [3.05, 3.63) is 51.9 Å². The number of hydrogen-bond donors (Lipinski definition) is 1. The maximum absolute atomic E-state index is 12.4. The average Bonchev–Trinajstić information content (AvgIpc) is 2.53. The Labute approximate surface area is 137 Å². The highest BCUT2D eigenvalue weighted by molar-refractivity contribution is 8.05. The fourth-order valence-electron chi connectivity index (χ4n) is 1.82. The van der Waals surface area contributed by atoms with Crippen molar-refractivity contribution in [2.24, 2.45) is 0 Å². The van der Waals surface area contributed by atoms with Crippen LogP contribution in [0.2, 0.25) is 0 Å². The maximum atomic E-state index is 12.4. The topological polar surface area (TPSA) is 38.3 Å². The second-order valence-electron chi connectivity index (χ2n) is 5.12. The third-order valence-electron chi connectivity index (χ3n) is 3.16. The molecule has 0 spiro atoms. The summed E-state index contributed by atoms with van der Waals surface area (Å²) in [5.74, 6) is 0.845. The van der Waals surface area contributed by atoms with Crippen LogP contribution in [0.1, 0.15) is 56.0 Å². The molecule has 1 aromatic rings. The highest BCUT2D eigenvalue weighted by atomic mass is 32.2. The number of nitrogens with one attached hydrogen (secondary N) is 1. The van der Waals surface area contributed by atoms with E-state index in [1.54, 1.807) is 7.11 Å². The molecule has 0 aliphatic heterocycles. The Balaban J connectivity index is 2.90. The molecule has 0 atom stereocenters. The first-order valence-corrected chi connectivity index (χ1v) is 8.38. The number of amides is 1. The van der Waals surface area contributed by atoms with Crippen molar-refractivity contribution in [3.63, 3.8) is 0 Å². The lowest BCUT2D eigenvalue weighted by atomic mass is 10.0. The molecule has 3 nitrogen and oxygen atoms in total. The molecule has 0 saturated heterocycles. The summed E-state index contributed by atoms with van der Waals surface area (Å²) >= 11 is 1.50. The Morgan fingerprint density at radius 2 is 2.14 bits per heavy atom. The van der Waals surface area contributed by atoms with Gasteiger partial charge in [0.1, 0.15) is 5.75 Å². The smallest absolute Gasteiger partial charge is 0.259 e. The second kappa shape index (κ2) is 9.36. The molecule has 0 aliphatic carbocycles. The lowest BCUT2D eigenvalue weighted by Gasteiger charge is -2.13. The number of methoxy groups -OCH3 is 1. The average molecular weight is 319 g/mol. The minimum Gasteiger partial charge on any atom is -0.496 e. The Bertz CT molecular complexity index is 562. The highest BCUT2D eigenvalue weighted by Gasteiger charge is 2.14. The zero-order valence-electron chi connectivity index (χ0n) is 14.0. The van der Waals surface area contributed by atoms with E-state index in [2.05, 4.69) is 32.2 Å². The summed E-state index contributed by atoms with van der Waals surface area (Å²) < 4.78 is 5.37. The molecular weight excluding hydrogens is 294 g/mol. The van der Waals surface area contributed by atoms with Gasteiger partial charge in [-0.3, -0.25) is 4.79 Å². The van der Waals surface area contributed by atoms with Gasteiger partial charge in [0.05, 0.1) is 17.7 Å². The van der Waals surface area contributed by atoms with Gasteiger partial charge in [-0.25, -0.2) is 0 Å². The van der Waals surface area contributed by atoms with E-state index in [0.29, 0.717) is 17.2 Å². The molecule has 0 bridgehead atoms.